The van der Waals surface area contributed by atoms with E-state index in [1.807, 2.05) is 13.8 Å². The Morgan fingerprint density at radius 1 is 0.938 bits per heavy atom. The largest absolute Gasteiger partial charge is 0.324 e. The van der Waals surface area contributed by atoms with Gasteiger partial charge in [0.05, 0.1) is 0 Å². The monoisotopic (exact) mass is 220 g/mol. The minimum Gasteiger partial charge on any atom is -0.324 e. The van der Waals surface area contributed by atoms with Crippen LogP contribution in [0.1, 0.15) is 51.8 Å². The minimum absolute atomic E-state index is 0.124. The van der Waals surface area contributed by atoms with E-state index in [4.69, 9.17) is 11.5 Å². The minimum atomic E-state index is -0.386. The van der Waals surface area contributed by atoms with Gasteiger partial charge < -0.3 is 11.5 Å². The third-order valence-electron chi connectivity index (χ3n) is 2.94. The van der Waals surface area contributed by atoms with Gasteiger partial charge >= 0.3 is 0 Å². The molecular weight excluding hydrogens is 196 g/mol. The summed E-state index contributed by atoms with van der Waals surface area (Å²) < 4.78 is 0. The van der Waals surface area contributed by atoms with Crippen molar-refractivity contribution < 1.29 is 0 Å². The molecule has 1 aromatic carbocycles. The molecule has 0 aliphatic carbocycles. The maximum absolute atomic E-state index is 6.11. The van der Waals surface area contributed by atoms with Gasteiger partial charge in [-0.05, 0) is 30.4 Å². The van der Waals surface area contributed by atoms with Gasteiger partial charge in [-0.25, -0.2) is 0 Å². The van der Waals surface area contributed by atoms with E-state index in [2.05, 4.69) is 45.0 Å². The van der Waals surface area contributed by atoms with Crippen LogP contribution in [0.15, 0.2) is 24.3 Å². The van der Waals surface area contributed by atoms with E-state index in [1.165, 1.54) is 5.56 Å². The van der Waals surface area contributed by atoms with Gasteiger partial charge in [0.15, 0.2) is 0 Å². The fourth-order valence-electron chi connectivity index (χ4n) is 1.62. The zero-order valence-corrected chi connectivity index (χ0v) is 11.0. The average molecular weight is 220 g/mol. The number of rotatable bonds is 2. The molecule has 0 saturated heterocycles. The molecule has 1 unspecified atom stereocenters. The second-order valence-electron chi connectivity index (χ2n) is 6.17. The van der Waals surface area contributed by atoms with Gasteiger partial charge in [-0.15, -0.1) is 0 Å². The summed E-state index contributed by atoms with van der Waals surface area (Å²) in [5.74, 6) is 0. The van der Waals surface area contributed by atoms with E-state index in [9.17, 15) is 0 Å². The van der Waals surface area contributed by atoms with Crippen molar-refractivity contribution in [2.75, 3.05) is 0 Å². The van der Waals surface area contributed by atoms with Crippen LogP contribution in [-0.4, -0.2) is 5.54 Å². The van der Waals surface area contributed by atoms with Crippen LogP contribution in [-0.2, 0) is 5.41 Å². The number of hydrogen-bond acceptors (Lipinski definition) is 2. The van der Waals surface area contributed by atoms with Crippen LogP contribution in [0.2, 0.25) is 0 Å². The summed E-state index contributed by atoms with van der Waals surface area (Å²) in [4.78, 5) is 0. The predicted molar refractivity (Wildman–Crippen MR) is 70.3 cm³/mol. The molecule has 0 heterocycles. The normalized spacial score (nSPS) is 14.9. The molecule has 1 atom stereocenters. The Labute approximate surface area is 99.0 Å². The molecule has 90 valence electrons. The van der Waals surface area contributed by atoms with Crippen molar-refractivity contribution in [3.05, 3.63) is 35.4 Å². The summed E-state index contributed by atoms with van der Waals surface area (Å²) in [6.07, 6.45) is 0. The summed E-state index contributed by atoms with van der Waals surface area (Å²) in [5, 5.41) is 0. The molecule has 0 aromatic heterocycles. The van der Waals surface area contributed by atoms with Crippen LogP contribution < -0.4 is 11.5 Å². The maximum Gasteiger partial charge on any atom is 0.0472 e. The molecule has 0 radical (unpaired) electrons. The topological polar surface area (TPSA) is 52.0 Å². The zero-order chi connectivity index (χ0) is 12.6. The van der Waals surface area contributed by atoms with Gasteiger partial charge in [-0.1, -0.05) is 45.0 Å². The first-order chi connectivity index (χ1) is 7.12. The Kier molecular flexibility index (Phi) is 3.46. The first-order valence-corrected chi connectivity index (χ1v) is 5.77. The van der Waals surface area contributed by atoms with E-state index in [1.54, 1.807) is 0 Å². The standard InChI is InChI=1S/C14H24N2/c1-13(2,3)11-8-6-10(7-9-11)12(15)14(4,5)16/h6-9,12H,15-16H2,1-5H3. The van der Waals surface area contributed by atoms with Crippen molar-refractivity contribution in [2.24, 2.45) is 11.5 Å². The Morgan fingerprint density at radius 3 is 1.69 bits per heavy atom. The van der Waals surface area contributed by atoms with E-state index in [0.717, 1.165) is 5.56 Å². The highest BCUT2D eigenvalue weighted by Crippen LogP contribution is 2.26. The van der Waals surface area contributed by atoms with Gasteiger partial charge in [-0.3, -0.25) is 0 Å². The summed E-state index contributed by atoms with van der Waals surface area (Å²) in [6, 6.07) is 8.32. The van der Waals surface area contributed by atoms with Crippen LogP contribution in [0.25, 0.3) is 0 Å². The van der Waals surface area contributed by atoms with Gasteiger partial charge in [-0.2, -0.15) is 0 Å². The first kappa shape index (κ1) is 13.2. The van der Waals surface area contributed by atoms with Crippen LogP contribution in [0.4, 0.5) is 0 Å². The molecule has 2 heteroatoms. The number of hydrogen-bond donors (Lipinski definition) is 2. The molecule has 0 saturated carbocycles. The average Bonchev–Trinajstić information content (AvgIpc) is 2.14. The summed E-state index contributed by atoms with van der Waals surface area (Å²) in [7, 11) is 0. The third kappa shape index (κ3) is 3.06. The first-order valence-electron chi connectivity index (χ1n) is 5.77. The van der Waals surface area contributed by atoms with E-state index in [-0.39, 0.29) is 17.0 Å². The quantitative estimate of drug-likeness (QED) is 0.805. The molecule has 2 nitrogen and oxygen atoms in total. The lowest BCUT2D eigenvalue weighted by atomic mass is 9.84. The van der Waals surface area contributed by atoms with Gasteiger partial charge in [0.25, 0.3) is 0 Å². The lowest BCUT2D eigenvalue weighted by Crippen LogP contribution is -2.43. The van der Waals surface area contributed by atoms with Gasteiger partial charge in [0.1, 0.15) is 0 Å². The van der Waals surface area contributed by atoms with Crippen molar-refractivity contribution in [3.8, 4) is 0 Å². The molecule has 0 spiro atoms. The van der Waals surface area contributed by atoms with Crippen LogP contribution >= 0.6 is 0 Å². The summed E-state index contributed by atoms with van der Waals surface area (Å²) in [6.45, 7) is 10.5. The van der Waals surface area contributed by atoms with Crippen molar-refractivity contribution in [3.63, 3.8) is 0 Å². The predicted octanol–water partition coefficient (Wildman–Crippen LogP) is 2.72. The molecular formula is C14H24N2. The van der Waals surface area contributed by atoms with Crippen molar-refractivity contribution in [2.45, 2.75) is 51.6 Å². The van der Waals surface area contributed by atoms with Gasteiger partial charge in [0, 0.05) is 11.6 Å². The van der Waals surface area contributed by atoms with E-state index >= 15 is 0 Å². The molecule has 0 aliphatic heterocycles. The summed E-state index contributed by atoms with van der Waals surface area (Å²) in [5.41, 5.74) is 14.3. The third-order valence-corrected chi connectivity index (χ3v) is 2.94. The Bertz CT molecular complexity index is 338. The van der Waals surface area contributed by atoms with Crippen LogP contribution in [0.3, 0.4) is 0 Å². The fourth-order valence-corrected chi connectivity index (χ4v) is 1.62. The van der Waals surface area contributed by atoms with E-state index in [0.29, 0.717) is 0 Å². The molecule has 0 fully saturated rings. The smallest absolute Gasteiger partial charge is 0.0472 e. The van der Waals surface area contributed by atoms with Crippen LogP contribution in [0.5, 0.6) is 0 Å². The highest BCUT2D eigenvalue weighted by Gasteiger charge is 2.23. The highest BCUT2D eigenvalue weighted by atomic mass is 14.8. The second kappa shape index (κ2) is 4.19. The Hall–Kier alpha value is -0.860. The van der Waals surface area contributed by atoms with E-state index < -0.39 is 0 Å². The molecule has 0 aliphatic rings. The zero-order valence-electron chi connectivity index (χ0n) is 11.0. The molecule has 0 amide bonds. The molecule has 1 aromatic rings. The second-order valence-corrected chi connectivity index (χ2v) is 6.17. The fraction of sp³-hybridized carbons (Fsp3) is 0.571. The van der Waals surface area contributed by atoms with Crippen LogP contribution in [0, 0.1) is 0 Å². The Balaban J connectivity index is 2.96. The van der Waals surface area contributed by atoms with Crippen molar-refractivity contribution >= 4 is 0 Å². The molecule has 1 rings (SSSR count). The molecule has 16 heavy (non-hydrogen) atoms. The lowest BCUT2D eigenvalue weighted by molar-refractivity contribution is 0.420. The number of benzene rings is 1. The Morgan fingerprint density at radius 2 is 1.38 bits per heavy atom. The van der Waals surface area contributed by atoms with Crippen molar-refractivity contribution in [1.82, 2.24) is 0 Å². The van der Waals surface area contributed by atoms with Crippen molar-refractivity contribution in [1.29, 1.82) is 0 Å². The van der Waals surface area contributed by atoms with Gasteiger partial charge in [0.2, 0.25) is 0 Å². The summed E-state index contributed by atoms with van der Waals surface area (Å²) >= 11 is 0. The number of nitrogens with two attached hydrogens (primary N) is 2. The SMILES string of the molecule is CC(C)(C)c1ccc(C(N)C(C)(C)N)cc1. The maximum atomic E-state index is 6.11. The lowest BCUT2D eigenvalue weighted by Gasteiger charge is -2.28. The molecule has 4 N–H and O–H groups in total. The highest BCUT2D eigenvalue weighted by molar-refractivity contribution is 5.30. The molecule has 0 bridgehead atoms.